The van der Waals surface area contributed by atoms with Crippen LogP contribution in [0.4, 0.5) is 4.39 Å². The van der Waals surface area contributed by atoms with Crippen LogP contribution in [-0.2, 0) is 22.7 Å². The van der Waals surface area contributed by atoms with Gasteiger partial charge in [0.2, 0.25) is 11.8 Å². The standard InChI is InChI=1S/C18H18FN3O2/c19-15-7-4-8-20-16(15)10-21-18(24)14-9-17(23)22(12-14)11-13-5-2-1-3-6-13/h1-8,14H,9-12H2,(H,21,24). The zero-order chi connectivity index (χ0) is 16.9. The average molecular weight is 327 g/mol. The van der Waals surface area contributed by atoms with Gasteiger partial charge >= 0.3 is 0 Å². The minimum Gasteiger partial charge on any atom is -0.350 e. The van der Waals surface area contributed by atoms with Crippen LogP contribution in [0.2, 0.25) is 0 Å². The molecule has 5 nitrogen and oxygen atoms in total. The number of nitrogens with one attached hydrogen (secondary N) is 1. The van der Waals surface area contributed by atoms with Crippen LogP contribution in [0.5, 0.6) is 0 Å². The summed E-state index contributed by atoms with van der Waals surface area (Å²) in [6.45, 7) is 0.900. The molecule has 6 heteroatoms. The number of halogens is 1. The SMILES string of the molecule is O=C(NCc1ncccc1F)C1CC(=O)N(Cc2ccccc2)C1. The fourth-order valence-corrected chi connectivity index (χ4v) is 2.77. The number of hydrogen-bond acceptors (Lipinski definition) is 3. The van der Waals surface area contributed by atoms with Crippen LogP contribution >= 0.6 is 0 Å². The number of carbonyl (C=O) groups excluding carboxylic acids is 2. The van der Waals surface area contributed by atoms with Gasteiger partial charge in [0.15, 0.2) is 0 Å². The summed E-state index contributed by atoms with van der Waals surface area (Å²) in [4.78, 5) is 29.9. The first-order valence-electron chi connectivity index (χ1n) is 7.82. The van der Waals surface area contributed by atoms with Crippen molar-refractivity contribution in [2.45, 2.75) is 19.5 Å². The Morgan fingerprint density at radius 3 is 2.79 bits per heavy atom. The molecule has 1 aromatic carbocycles. The van der Waals surface area contributed by atoms with Crippen LogP contribution in [-0.4, -0.2) is 28.2 Å². The Hall–Kier alpha value is -2.76. The van der Waals surface area contributed by atoms with Crippen molar-refractivity contribution in [3.05, 3.63) is 65.7 Å². The van der Waals surface area contributed by atoms with Crippen molar-refractivity contribution in [3.63, 3.8) is 0 Å². The Labute approximate surface area is 139 Å². The van der Waals surface area contributed by atoms with Gasteiger partial charge in [-0.05, 0) is 17.7 Å². The summed E-state index contributed by atoms with van der Waals surface area (Å²) < 4.78 is 13.5. The molecule has 0 bridgehead atoms. The molecule has 1 aliphatic heterocycles. The van der Waals surface area contributed by atoms with E-state index < -0.39 is 11.7 Å². The zero-order valence-electron chi connectivity index (χ0n) is 13.1. The number of likely N-dealkylation sites (tertiary alicyclic amines) is 1. The lowest BCUT2D eigenvalue weighted by Gasteiger charge is -2.16. The molecule has 0 spiro atoms. The highest BCUT2D eigenvalue weighted by molar-refractivity contribution is 5.89. The fourth-order valence-electron chi connectivity index (χ4n) is 2.77. The van der Waals surface area contributed by atoms with Crippen molar-refractivity contribution in [2.24, 2.45) is 5.92 Å². The van der Waals surface area contributed by atoms with Gasteiger partial charge in [0.05, 0.1) is 18.2 Å². The lowest BCUT2D eigenvalue weighted by molar-refractivity contribution is -0.129. The molecule has 2 aromatic rings. The lowest BCUT2D eigenvalue weighted by atomic mass is 10.1. The van der Waals surface area contributed by atoms with Gasteiger partial charge in [0, 0.05) is 25.7 Å². The van der Waals surface area contributed by atoms with Gasteiger partial charge in [0.1, 0.15) is 5.82 Å². The second kappa shape index (κ2) is 7.21. The van der Waals surface area contributed by atoms with Crippen LogP contribution in [0.25, 0.3) is 0 Å². The Bertz CT molecular complexity index is 736. The van der Waals surface area contributed by atoms with E-state index >= 15 is 0 Å². The van der Waals surface area contributed by atoms with Crippen molar-refractivity contribution in [2.75, 3.05) is 6.54 Å². The molecule has 1 aromatic heterocycles. The van der Waals surface area contributed by atoms with Gasteiger partial charge in [0.25, 0.3) is 0 Å². The molecule has 1 atom stereocenters. The number of aromatic nitrogens is 1. The summed E-state index contributed by atoms with van der Waals surface area (Å²) in [5, 5.41) is 2.67. The second-order valence-electron chi connectivity index (χ2n) is 5.81. The molecule has 124 valence electrons. The number of carbonyl (C=O) groups is 2. The highest BCUT2D eigenvalue weighted by Gasteiger charge is 2.34. The maximum Gasteiger partial charge on any atom is 0.225 e. The van der Waals surface area contributed by atoms with Gasteiger partial charge in [-0.3, -0.25) is 14.6 Å². The van der Waals surface area contributed by atoms with Gasteiger partial charge in [-0.1, -0.05) is 30.3 Å². The normalized spacial score (nSPS) is 17.1. The van der Waals surface area contributed by atoms with Gasteiger partial charge in [-0.25, -0.2) is 4.39 Å². The van der Waals surface area contributed by atoms with Crippen LogP contribution in [0.3, 0.4) is 0 Å². The summed E-state index contributed by atoms with van der Waals surface area (Å²) >= 11 is 0. The van der Waals surface area contributed by atoms with Crippen LogP contribution < -0.4 is 5.32 Å². The Morgan fingerprint density at radius 2 is 2.04 bits per heavy atom. The molecule has 3 rings (SSSR count). The van der Waals surface area contributed by atoms with Gasteiger partial charge < -0.3 is 10.2 Å². The summed E-state index contributed by atoms with van der Waals surface area (Å²) in [6, 6.07) is 12.5. The third-order valence-electron chi connectivity index (χ3n) is 4.07. The molecule has 1 aliphatic rings. The maximum absolute atomic E-state index is 13.5. The number of nitrogens with zero attached hydrogens (tertiary/aromatic N) is 2. The molecule has 0 aliphatic carbocycles. The smallest absolute Gasteiger partial charge is 0.225 e. The number of pyridine rings is 1. The quantitative estimate of drug-likeness (QED) is 0.912. The lowest BCUT2D eigenvalue weighted by Crippen LogP contribution is -2.32. The number of rotatable bonds is 5. The van der Waals surface area contributed by atoms with Crippen LogP contribution in [0.1, 0.15) is 17.7 Å². The third-order valence-corrected chi connectivity index (χ3v) is 4.07. The van der Waals surface area contributed by atoms with E-state index in [9.17, 15) is 14.0 Å². The minimum atomic E-state index is -0.453. The van der Waals surface area contributed by atoms with Crippen molar-refractivity contribution in [1.82, 2.24) is 15.2 Å². The monoisotopic (exact) mass is 327 g/mol. The molecule has 1 unspecified atom stereocenters. The van der Waals surface area contributed by atoms with Crippen LogP contribution in [0, 0.1) is 11.7 Å². The molecular formula is C18H18FN3O2. The van der Waals surface area contributed by atoms with Crippen LogP contribution in [0.15, 0.2) is 48.7 Å². The summed E-state index contributed by atoms with van der Waals surface area (Å²) in [5.41, 5.74) is 1.22. The van der Waals surface area contributed by atoms with Gasteiger partial charge in [-0.15, -0.1) is 0 Å². The van der Waals surface area contributed by atoms with Crippen molar-refractivity contribution < 1.29 is 14.0 Å². The molecule has 0 saturated carbocycles. The number of amides is 2. The molecule has 2 amide bonds. The first-order valence-corrected chi connectivity index (χ1v) is 7.82. The first kappa shape index (κ1) is 16.1. The van der Waals surface area contributed by atoms with Crippen molar-refractivity contribution >= 4 is 11.8 Å². The Morgan fingerprint density at radius 1 is 1.25 bits per heavy atom. The van der Waals surface area contributed by atoms with E-state index in [0.717, 1.165) is 5.56 Å². The van der Waals surface area contributed by atoms with E-state index in [4.69, 9.17) is 0 Å². The van der Waals surface area contributed by atoms with E-state index in [-0.39, 0.29) is 30.5 Å². The molecule has 0 radical (unpaired) electrons. The predicted molar refractivity (Wildman–Crippen MR) is 86.0 cm³/mol. The highest BCUT2D eigenvalue weighted by atomic mass is 19.1. The van der Waals surface area contributed by atoms with E-state index in [1.165, 1.54) is 18.3 Å². The molecular weight excluding hydrogens is 309 g/mol. The van der Waals surface area contributed by atoms with Crippen molar-refractivity contribution in [3.8, 4) is 0 Å². The maximum atomic E-state index is 13.5. The third kappa shape index (κ3) is 3.76. The molecule has 1 N–H and O–H groups in total. The summed E-state index contributed by atoms with van der Waals surface area (Å²) in [5.74, 6) is -1.15. The predicted octanol–water partition coefficient (Wildman–Crippen LogP) is 1.89. The Balaban J connectivity index is 1.55. The zero-order valence-corrected chi connectivity index (χ0v) is 13.1. The topological polar surface area (TPSA) is 62.3 Å². The molecule has 1 saturated heterocycles. The minimum absolute atomic E-state index is 0.0227. The average Bonchev–Trinajstić information content (AvgIpc) is 2.96. The first-order chi connectivity index (χ1) is 11.6. The van der Waals surface area contributed by atoms with Crippen molar-refractivity contribution in [1.29, 1.82) is 0 Å². The largest absolute Gasteiger partial charge is 0.350 e. The summed E-state index contributed by atoms with van der Waals surface area (Å²) in [6.07, 6.45) is 1.66. The van der Waals surface area contributed by atoms with Gasteiger partial charge in [-0.2, -0.15) is 0 Å². The van der Waals surface area contributed by atoms with E-state index in [1.807, 2.05) is 30.3 Å². The van der Waals surface area contributed by atoms with E-state index in [1.54, 1.807) is 4.90 Å². The molecule has 1 fully saturated rings. The van der Waals surface area contributed by atoms with E-state index in [0.29, 0.717) is 13.1 Å². The fraction of sp³-hybridized carbons (Fsp3) is 0.278. The molecule has 2 heterocycles. The highest BCUT2D eigenvalue weighted by Crippen LogP contribution is 2.20. The number of hydrogen-bond donors (Lipinski definition) is 1. The Kier molecular flexibility index (Phi) is 4.84. The second-order valence-corrected chi connectivity index (χ2v) is 5.81. The van der Waals surface area contributed by atoms with E-state index in [2.05, 4.69) is 10.3 Å². The molecule has 24 heavy (non-hydrogen) atoms. The number of benzene rings is 1. The summed E-state index contributed by atoms with van der Waals surface area (Å²) in [7, 11) is 0.